The average molecular weight is 293 g/mol. The maximum Gasteiger partial charge on any atom is 0.117 e. The molecule has 0 spiro atoms. The van der Waals surface area contributed by atoms with Crippen molar-refractivity contribution < 1.29 is 4.84 Å². The molecule has 0 bridgehead atoms. The van der Waals surface area contributed by atoms with Crippen molar-refractivity contribution in [1.29, 1.82) is 0 Å². The molecule has 1 unspecified atom stereocenters. The van der Waals surface area contributed by atoms with E-state index in [1.54, 1.807) is 7.11 Å². The number of hydrogen-bond donors (Lipinski definition) is 1. The highest BCUT2D eigenvalue weighted by Gasteiger charge is 2.33. The van der Waals surface area contributed by atoms with Crippen molar-refractivity contribution >= 4 is 11.8 Å². The second-order valence-electron chi connectivity index (χ2n) is 5.98. The van der Waals surface area contributed by atoms with Crippen molar-refractivity contribution in [3.8, 4) is 0 Å². The van der Waals surface area contributed by atoms with Gasteiger partial charge >= 0.3 is 0 Å². The van der Waals surface area contributed by atoms with Gasteiger partial charge in [0.05, 0.1) is 0 Å². The van der Waals surface area contributed by atoms with Crippen LogP contribution in [0, 0.1) is 5.92 Å². The first-order valence-corrected chi connectivity index (χ1v) is 7.78. The molecule has 1 heterocycles. The molecular formula is C18H19N3O. The molecule has 0 saturated heterocycles. The molecule has 112 valence electrons. The number of nitrogens with zero attached hydrogens (tertiary/aromatic N) is 2. The summed E-state index contributed by atoms with van der Waals surface area (Å²) in [6.07, 6.45) is 7.77. The fourth-order valence-electron chi connectivity index (χ4n) is 3.11. The standard InChI is InChI=1S/C18H19N3O/c1-22-21-17(13-7-8-13)18-15-10-9-14(11-16(15)19-20-18)12-5-3-2-4-6-12/h2-6,9-10,13-14H,7-8,11H2,1H3,(H,19,20)/b21-17+. The Labute approximate surface area is 129 Å². The lowest BCUT2D eigenvalue weighted by Gasteiger charge is -2.17. The number of H-pyrrole nitrogens is 1. The van der Waals surface area contributed by atoms with Crippen LogP contribution in [0.1, 0.15) is 41.3 Å². The summed E-state index contributed by atoms with van der Waals surface area (Å²) in [5.41, 5.74) is 5.66. The first kappa shape index (κ1) is 13.3. The minimum Gasteiger partial charge on any atom is -0.399 e. The number of fused-ring (bicyclic) bond motifs is 1. The second-order valence-corrected chi connectivity index (χ2v) is 5.98. The highest BCUT2D eigenvalue weighted by Crippen LogP contribution is 2.36. The molecule has 1 fully saturated rings. The monoisotopic (exact) mass is 293 g/mol. The number of hydrogen-bond acceptors (Lipinski definition) is 3. The van der Waals surface area contributed by atoms with E-state index in [0.717, 1.165) is 17.8 Å². The Bertz CT molecular complexity index is 726. The van der Waals surface area contributed by atoms with E-state index in [1.807, 2.05) is 0 Å². The van der Waals surface area contributed by atoms with Crippen molar-refractivity contribution in [3.63, 3.8) is 0 Å². The Morgan fingerprint density at radius 1 is 1.27 bits per heavy atom. The van der Waals surface area contributed by atoms with Crippen molar-refractivity contribution in [1.82, 2.24) is 10.2 Å². The molecule has 2 aliphatic rings. The van der Waals surface area contributed by atoms with Crippen LogP contribution in [0.25, 0.3) is 6.08 Å². The number of benzene rings is 1. The van der Waals surface area contributed by atoms with Gasteiger partial charge in [-0.25, -0.2) is 0 Å². The van der Waals surface area contributed by atoms with E-state index in [0.29, 0.717) is 11.8 Å². The summed E-state index contributed by atoms with van der Waals surface area (Å²) >= 11 is 0. The molecule has 1 aromatic carbocycles. The van der Waals surface area contributed by atoms with Crippen LogP contribution >= 0.6 is 0 Å². The molecule has 4 nitrogen and oxygen atoms in total. The van der Waals surface area contributed by atoms with E-state index in [-0.39, 0.29) is 0 Å². The highest BCUT2D eigenvalue weighted by molar-refractivity contribution is 6.04. The smallest absolute Gasteiger partial charge is 0.117 e. The molecule has 1 atom stereocenters. The van der Waals surface area contributed by atoms with E-state index in [9.17, 15) is 0 Å². The predicted molar refractivity (Wildman–Crippen MR) is 86.8 cm³/mol. The molecule has 1 aromatic heterocycles. The van der Waals surface area contributed by atoms with Crippen LogP contribution in [0.3, 0.4) is 0 Å². The summed E-state index contributed by atoms with van der Waals surface area (Å²) in [5.74, 6) is 0.915. The summed E-state index contributed by atoms with van der Waals surface area (Å²) < 4.78 is 0. The van der Waals surface area contributed by atoms with Gasteiger partial charge in [0.2, 0.25) is 0 Å². The molecule has 4 rings (SSSR count). The third-order valence-corrected chi connectivity index (χ3v) is 4.43. The van der Waals surface area contributed by atoms with Crippen molar-refractivity contribution in [2.24, 2.45) is 11.1 Å². The maximum absolute atomic E-state index is 5.02. The second kappa shape index (κ2) is 5.44. The molecule has 22 heavy (non-hydrogen) atoms. The van der Waals surface area contributed by atoms with Crippen LogP contribution in [0.15, 0.2) is 41.6 Å². The average Bonchev–Trinajstić information content (AvgIpc) is 3.33. The fraction of sp³-hybridized carbons (Fsp3) is 0.333. The van der Waals surface area contributed by atoms with Crippen LogP contribution in [0.5, 0.6) is 0 Å². The molecule has 0 amide bonds. The van der Waals surface area contributed by atoms with E-state index in [4.69, 9.17) is 4.84 Å². The number of nitrogens with one attached hydrogen (secondary N) is 1. The number of aromatic nitrogens is 2. The van der Waals surface area contributed by atoms with E-state index in [2.05, 4.69) is 57.8 Å². The SMILES string of the molecule is CO/N=C(/c1n[nH]c2c1C=CC(c1ccccc1)C2)C1CC1. The molecule has 2 aromatic rings. The van der Waals surface area contributed by atoms with Gasteiger partial charge in [-0.3, -0.25) is 5.10 Å². The van der Waals surface area contributed by atoms with Crippen LogP contribution in [-0.4, -0.2) is 23.0 Å². The summed E-state index contributed by atoms with van der Waals surface area (Å²) in [4.78, 5) is 5.02. The third kappa shape index (κ3) is 2.34. The fourth-order valence-corrected chi connectivity index (χ4v) is 3.11. The van der Waals surface area contributed by atoms with Crippen LogP contribution in [-0.2, 0) is 11.3 Å². The van der Waals surface area contributed by atoms with Crippen LogP contribution < -0.4 is 0 Å². The normalized spacial score (nSPS) is 20.8. The predicted octanol–water partition coefficient (Wildman–Crippen LogP) is 3.52. The summed E-state index contributed by atoms with van der Waals surface area (Å²) in [5, 5.41) is 11.9. The lowest BCUT2D eigenvalue weighted by atomic mass is 9.87. The Morgan fingerprint density at radius 3 is 2.82 bits per heavy atom. The zero-order valence-corrected chi connectivity index (χ0v) is 12.6. The summed E-state index contributed by atoms with van der Waals surface area (Å²) in [6.45, 7) is 0. The first-order chi connectivity index (χ1) is 10.9. The minimum absolute atomic E-state index is 0.408. The lowest BCUT2D eigenvalue weighted by molar-refractivity contribution is 0.212. The topological polar surface area (TPSA) is 50.3 Å². The van der Waals surface area contributed by atoms with Crippen LogP contribution in [0.4, 0.5) is 0 Å². The minimum atomic E-state index is 0.408. The Morgan fingerprint density at radius 2 is 2.09 bits per heavy atom. The zero-order valence-electron chi connectivity index (χ0n) is 12.6. The van der Waals surface area contributed by atoms with Crippen LogP contribution in [0.2, 0.25) is 0 Å². The summed E-state index contributed by atoms with van der Waals surface area (Å²) in [6, 6.07) is 10.6. The van der Waals surface area contributed by atoms with Gasteiger partial charge in [-0.1, -0.05) is 47.6 Å². The molecule has 0 radical (unpaired) electrons. The molecule has 2 aliphatic carbocycles. The van der Waals surface area contributed by atoms with Gasteiger partial charge in [-0.2, -0.15) is 5.10 Å². The molecule has 0 aliphatic heterocycles. The van der Waals surface area contributed by atoms with Crippen molar-refractivity contribution in [2.45, 2.75) is 25.2 Å². The van der Waals surface area contributed by atoms with E-state index in [1.165, 1.54) is 29.7 Å². The lowest BCUT2D eigenvalue weighted by Crippen LogP contribution is -2.09. The van der Waals surface area contributed by atoms with Gasteiger partial charge < -0.3 is 4.84 Å². The maximum atomic E-state index is 5.02. The van der Waals surface area contributed by atoms with Gasteiger partial charge in [-0.15, -0.1) is 0 Å². The third-order valence-electron chi connectivity index (χ3n) is 4.43. The van der Waals surface area contributed by atoms with Crippen molar-refractivity contribution in [3.05, 3.63) is 58.9 Å². The number of oxime groups is 1. The largest absolute Gasteiger partial charge is 0.399 e. The number of allylic oxidation sites excluding steroid dienone is 1. The van der Waals surface area contributed by atoms with E-state index < -0.39 is 0 Å². The molecule has 4 heteroatoms. The quantitative estimate of drug-likeness (QED) is 0.692. The summed E-state index contributed by atoms with van der Waals surface area (Å²) in [7, 11) is 1.60. The molecule has 1 saturated carbocycles. The number of aromatic amines is 1. The Hall–Kier alpha value is -2.36. The zero-order chi connectivity index (χ0) is 14.9. The van der Waals surface area contributed by atoms with E-state index >= 15 is 0 Å². The molecular weight excluding hydrogens is 274 g/mol. The van der Waals surface area contributed by atoms with Gasteiger partial charge in [-0.05, 0) is 18.4 Å². The first-order valence-electron chi connectivity index (χ1n) is 7.78. The Balaban J connectivity index is 1.65. The molecule has 1 N–H and O–H groups in total. The van der Waals surface area contributed by atoms with Gasteiger partial charge in [0.25, 0.3) is 0 Å². The Kier molecular flexibility index (Phi) is 3.29. The highest BCUT2D eigenvalue weighted by atomic mass is 16.6. The van der Waals surface area contributed by atoms with Gasteiger partial charge in [0, 0.05) is 29.5 Å². The van der Waals surface area contributed by atoms with Crippen molar-refractivity contribution in [2.75, 3.05) is 7.11 Å². The number of rotatable bonds is 4. The van der Waals surface area contributed by atoms with Gasteiger partial charge in [0.1, 0.15) is 18.5 Å². The van der Waals surface area contributed by atoms with Gasteiger partial charge in [0.15, 0.2) is 0 Å².